The minimum absolute atomic E-state index is 0.0272. The van der Waals surface area contributed by atoms with Crippen LogP contribution in [0.5, 0.6) is 0 Å². The Labute approximate surface area is 100 Å². The first kappa shape index (κ1) is 15.9. The largest absolute Gasteiger partial charge is 0.395 e. The first-order chi connectivity index (χ1) is 7.76. The van der Waals surface area contributed by atoms with E-state index in [1.807, 2.05) is 0 Å². The quantitative estimate of drug-likeness (QED) is 0.477. The summed E-state index contributed by atoms with van der Waals surface area (Å²) in [6, 6.07) is -0.145. The average molecular weight is 231 g/mol. The van der Waals surface area contributed by atoms with Crippen LogP contribution in [0.25, 0.3) is 0 Å². The van der Waals surface area contributed by atoms with Crippen LogP contribution in [0.1, 0.15) is 58.8 Å². The van der Waals surface area contributed by atoms with Crippen molar-refractivity contribution >= 4 is 0 Å². The number of aliphatic hydroxyl groups is 2. The van der Waals surface area contributed by atoms with E-state index in [4.69, 9.17) is 0 Å². The van der Waals surface area contributed by atoms with Crippen molar-refractivity contribution in [2.45, 2.75) is 70.9 Å². The molecule has 3 N–H and O–H groups in total. The lowest BCUT2D eigenvalue weighted by molar-refractivity contribution is 0.0812. The third kappa shape index (κ3) is 8.08. The van der Waals surface area contributed by atoms with Crippen molar-refractivity contribution in [3.05, 3.63) is 0 Å². The van der Waals surface area contributed by atoms with Crippen LogP contribution in [0, 0.1) is 0 Å². The minimum Gasteiger partial charge on any atom is -0.395 e. The smallest absolute Gasteiger partial charge is 0.0715 e. The summed E-state index contributed by atoms with van der Waals surface area (Å²) >= 11 is 0. The standard InChI is InChI=1S/C13H29NO2/c1-3-5-7-9-13(16)12(11-15)14-10-8-6-4-2/h12-16H,3-11H2,1-2H3. The summed E-state index contributed by atoms with van der Waals surface area (Å²) in [6.45, 7) is 5.24. The van der Waals surface area contributed by atoms with Gasteiger partial charge in [-0.25, -0.2) is 0 Å². The van der Waals surface area contributed by atoms with Gasteiger partial charge in [-0.2, -0.15) is 0 Å². The fourth-order valence-corrected chi connectivity index (χ4v) is 1.79. The van der Waals surface area contributed by atoms with Crippen molar-refractivity contribution in [2.75, 3.05) is 13.2 Å². The molecule has 0 rings (SSSR count). The second-order valence-corrected chi connectivity index (χ2v) is 4.51. The molecule has 0 aliphatic carbocycles. The van der Waals surface area contributed by atoms with Gasteiger partial charge in [0.25, 0.3) is 0 Å². The zero-order chi connectivity index (χ0) is 12.2. The number of hydrogen-bond acceptors (Lipinski definition) is 3. The van der Waals surface area contributed by atoms with Crippen LogP contribution in [-0.2, 0) is 0 Å². The van der Waals surface area contributed by atoms with Crippen molar-refractivity contribution in [1.82, 2.24) is 5.32 Å². The van der Waals surface area contributed by atoms with Gasteiger partial charge in [0, 0.05) is 0 Å². The van der Waals surface area contributed by atoms with Crippen molar-refractivity contribution in [2.24, 2.45) is 0 Å². The summed E-state index contributed by atoms with van der Waals surface area (Å²) in [4.78, 5) is 0. The van der Waals surface area contributed by atoms with Gasteiger partial charge in [-0.05, 0) is 19.4 Å². The van der Waals surface area contributed by atoms with Gasteiger partial charge < -0.3 is 15.5 Å². The normalized spacial score (nSPS) is 15.0. The van der Waals surface area contributed by atoms with Gasteiger partial charge >= 0.3 is 0 Å². The second-order valence-electron chi connectivity index (χ2n) is 4.51. The Kier molecular flexibility index (Phi) is 11.3. The van der Waals surface area contributed by atoms with Gasteiger partial charge in [-0.3, -0.25) is 0 Å². The number of aliphatic hydroxyl groups excluding tert-OH is 2. The predicted molar refractivity (Wildman–Crippen MR) is 68.6 cm³/mol. The molecule has 0 fully saturated rings. The Hall–Kier alpha value is -0.120. The molecule has 0 saturated carbocycles. The van der Waals surface area contributed by atoms with E-state index < -0.39 is 6.10 Å². The Morgan fingerprint density at radius 3 is 2.19 bits per heavy atom. The molecular weight excluding hydrogens is 202 g/mol. The SMILES string of the molecule is CCCCCNC(CO)C(O)CCCCC. The third-order valence-corrected chi connectivity index (χ3v) is 2.95. The molecule has 0 aromatic heterocycles. The molecule has 16 heavy (non-hydrogen) atoms. The van der Waals surface area contributed by atoms with Crippen LogP contribution in [0.2, 0.25) is 0 Å². The Morgan fingerprint density at radius 1 is 1.00 bits per heavy atom. The van der Waals surface area contributed by atoms with Crippen molar-refractivity contribution in [1.29, 1.82) is 0 Å². The Balaban J connectivity index is 3.61. The molecular formula is C13H29NO2. The van der Waals surface area contributed by atoms with Gasteiger partial charge in [0.2, 0.25) is 0 Å². The molecule has 0 spiro atoms. The van der Waals surface area contributed by atoms with Crippen molar-refractivity contribution < 1.29 is 10.2 Å². The number of hydrogen-bond donors (Lipinski definition) is 3. The Bertz CT molecular complexity index is 142. The molecule has 3 heteroatoms. The summed E-state index contributed by atoms with van der Waals surface area (Å²) in [7, 11) is 0. The zero-order valence-electron chi connectivity index (χ0n) is 10.9. The van der Waals surface area contributed by atoms with Crippen molar-refractivity contribution in [3.63, 3.8) is 0 Å². The molecule has 0 heterocycles. The molecule has 2 unspecified atom stereocenters. The zero-order valence-corrected chi connectivity index (χ0v) is 10.9. The van der Waals surface area contributed by atoms with Crippen LogP contribution >= 0.6 is 0 Å². The summed E-state index contributed by atoms with van der Waals surface area (Å²) in [5, 5.41) is 22.3. The van der Waals surface area contributed by atoms with E-state index in [0.717, 1.165) is 32.2 Å². The monoisotopic (exact) mass is 231 g/mol. The summed E-state index contributed by atoms with van der Waals surface area (Å²) < 4.78 is 0. The molecule has 0 aromatic carbocycles. The Morgan fingerprint density at radius 2 is 1.62 bits per heavy atom. The topological polar surface area (TPSA) is 52.5 Å². The first-order valence-electron chi connectivity index (χ1n) is 6.78. The lowest BCUT2D eigenvalue weighted by Crippen LogP contribution is -2.43. The highest BCUT2D eigenvalue weighted by Crippen LogP contribution is 2.07. The summed E-state index contributed by atoms with van der Waals surface area (Å²) in [5.74, 6) is 0. The molecule has 0 aromatic rings. The van der Waals surface area contributed by atoms with E-state index in [2.05, 4.69) is 19.2 Å². The van der Waals surface area contributed by atoms with Crippen LogP contribution in [-0.4, -0.2) is 35.5 Å². The van der Waals surface area contributed by atoms with E-state index in [1.54, 1.807) is 0 Å². The fraction of sp³-hybridized carbons (Fsp3) is 1.00. The van der Waals surface area contributed by atoms with Crippen LogP contribution in [0.4, 0.5) is 0 Å². The van der Waals surface area contributed by atoms with E-state index in [-0.39, 0.29) is 12.6 Å². The average Bonchev–Trinajstić information content (AvgIpc) is 2.29. The van der Waals surface area contributed by atoms with Gasteiger partial charge in [-0.1, -0.05) is 46.0 Å². The maximum absolute atomic E-state index is 9.87. The van der Waals surface area contributed by atoms with E-state index in [0.29, 0.717) is 0 Å². The molecule has 0 aliphatic rings. The van der Waals surface area contributed by atoms with E-state index in [9.17, 15) is 10.2 Å². The minimum atomic E-state index is -0.404. The molecule has 2 atom stereocenters. The van der Waals surface area contributed by atoms with E-state index in [1.165, 1.54) is 19.3 Å². The highest BCUT2D eigenvalue weighted by molar-refractivity contribution is 4.74. The van der Waals surface area contributed by atoms with Gasteiger partial charge in [-0.15, -0.1) is 0 Å². The van der Waals surface area contributed by atoms with Gasteiger partial charge in [0.05, 0.1) is 18.8 Å². The lowest BCUT2D eigenvalue weighted by atomic mass is 10.0. The van der Waals surface area contributed by atoms with Crippen LogP contribution in [0.3, 0.4) is 0 Å². The van der Waals surface area contributed by atoms with Crippen molar-refractivity contribution in [3.8, 4) is 0 Å². The maximum atomic E-state index is 9.87. The molecule has 0 bridgehead atoms. The maximum Gasteiger partial charge on any atom is 0.0715 e. The molecule has 0 amide bonds. The lowest BCUT2D eigenvalue weighted by Gasteiger charge is -2.22. The second kappa shape index (κ2) is 11.4. The molecule has 0 saturated heterocycles. The predicted octanol–water partition coefficient (Wildman–Crippen LogP) is 2.07. The van der Waals surface area contributed by atoms with Gasteiger partial charge in [0.15, 0.2) is 0 Å². The first-order valence-corrected chi connectivity index (χ1v) is 6.78. The summed E-state index contributed by atoms with van der Waals surface area (Å²) in [5.41, 5.74) is 0. The summed E-state index contributed by atoms with van der Waals surface area (Å²) in [6.07, 6.45) is 7.28. The highest BCUT2D eigenvalue weighted by Gasteiger charge is 2.16. The molecule has 3 nitrogen and oxygen atoms in total. The van der Waals surface area contributed by atoms with Crippen LogP contribution < -0.4 is 5.32 Å². The highest BCUT2D eigenvalue weighted by atomic mass is 16.3. The molecule has 0 radical (unpaired) electrons. The third-order valence-electron chi connectivity index (χ3n) is 2.95. The fourth-order valence-electron chi connectivity index (χ4n) is 1.79. The van der Waals surface area contributed by atoms with Crippen LogP contribution in [0.15, 0.2) is 0 Å². The number of nitrogens with one attached hydrogen (secondary N) is 1. The van der Waals surface area contributed by atoms with E-state index >= 15 is 0 Å². The molecule has 98 valence electrons. The number of rotatable bonds is 11. The number of unbranched alkanes of at least 4 members (excludes halogenated alkanes) is 4. The van der Waals surface area contributed by atoms with Gasteiger partial charge in [0.1, 0.15) is 0 Å². The molecule has 0 aliphatic heterocycles.